The molecule has 1 fully saturated rings. The minimum atomic E-state index is -0.271. The predicted molar refractivity (Wildman–Crippen MR) is 82.7 cm³/mol. The minimum absolute atomic E-state index is 0.216. The molecule has 2 unspecified atom stereocenters. The van der Waals surface area contributed by atoms with Crippen molar-refractivity contribution in [1.29, 1.82) is 0 Å². The lowest BCUT2D eigenvalue weighted by molar-refractivity contribution is 0.120. The van der Waals surface area contributed by atoms with Gasteiger partial charge in [-0.1, -0.05) is 24.6 Å². The Labute approximate surface area is 126 Å². The fourth-order valence-electron chi connectivity index (χ4n) is 3.09. The average molecular weight is 299 g/mol. The van der Waals surface area contributed by atoms with Crippen molar-refractivity contribution in [3.05, 3.63) is 34.6 Å². The highest BCUT2D eigenvalue weighted by Gasteiger charge is 2.26. The first-order chi connectivity index (χ1) is 9.63. The van der Waals surface area contributed by atoms with Gasteiger partial charge in [0, 0.05) is 23.7 Å². The first-order valence-corrected chi connectivity index (χ1v) is 7.92. The molecule has 1 aliphatic rings. The summed E-state index contributed by atoms with van der Waals surface area (Å²) in [4.78, 5) is 2.51. The lowest BCUT2D eigenvalue weighted by Crippen LogP contribution is -2.47. The first-order valence-electron chi connectivity index (χ1n) is 7.55. The number of hydrogen-bond donors (Lipinski definition) is 1. The zero-order chi connectivity index (χ0) is 14.5. The monoisotopic (exact) mass is 298 g/mol. The van der Waals surface area contributed by atoms with E-state index in [9.17, 15) is 4.39 Å². The van der Waals surface area contributed by atoms with Crippen LogP contribution in [-0.4, -0.2) is 30.6 Å². The van der Waals surface area contributed by atoms with Gasteiger partial charge in [-0.3, -0.25) is 4.90 Å². The molecular weight excluding hydrogens is 275 g/mol. The van der Waals surface area contributed by atoms with Gasteiger partial charge in [-0.05, 0) is 57.0 Å². The van der Waals surface area contributed by atoms with E-state index >= 15 is 0 Å². The maximum atomic E-state index is 13.2. The summed E-state index contributed by atoms with van der Waals surface area (Å²) in [6.45, 7) is 7.55. The molecule has 0 bridgehead atoms. The molecule has 4 heteroatoms. The molecule has 2 rings (SSSR count). The Hall–Kier alpha value is -0.640. The Morgan fingerprint density at radius 3 is 2.90 bits per heavy atom. The van der Waals surface area contributed by atoms with Gasteiger partial charge in [0.25, 0.3) is 0 Å². The summed E-state index contributed by atoms with van der Waals surface area (Å²) >= 11 is 6.23. The molecule has 20 heavy (non-hydrogen) atoms. The summed E-state index contributed by atoms with van der Waals surface area (Å²) in [5, 5.41) is 4.00. The van der Waals surface area contributed by atoms with Crippen molar-refractivity contribution in [2.45, 2.75) is 45.2 Å². The Morgan fingerprint density at radius 1 is 1.50 bits per heavy atom. The van der Waals surface area contributed by atoms with E-state index in [1.165, 1.54) is 25.0 Å². The Balaban J connectivity index is 2.18. The first kappa shape index (κ1) is 15.7. The van der Waals surface area contributed by atoms with E-state index in [-0.39, 0.29) is 11.9 Å². The van der Waals surface area contributed by atoms with Crippen LogP contribution in [0.1, 0.15) is 44.7 Å². The van der Waals surface area contributed by atoms with Crippen LogP contribution in [0.15, 0.2) is 18.2 Å². The summed E-state index contributed by atoms with van der Waals surface area (Å²) in [6.07, 6.45) is 3.55. The smallest absolute Gasteiger partial charge is 0.124 e. The number of nitrogens with zero attached hydrogens (tertiary/aromatic N) is 1. The fraction of sp³-hybridized carbons (Fsp3) is 0.625. The van der Waals surface area contributed by atoms with Crippen LogP contribution >= 0.6 is 11.6 Å². The van der Waals surface area contributed by atoms with Gasteiger partial charge >= 0.3 is 0 Å². The normalized spacial score (nSPS) is 21.1. The number of piperidine rings is 1. The van der Waals surface area contributed by atoms with Gasteiger partial charge in [0.05, 0.1) is 0 Å². The fourth-order valence-corrected chi connectivity index (χ4v) is 3.41. The van der Waals surface area contributed by atoms with E-state index < -0.39 is 0 Å². The SMILES string of the molecule is CCCN(C1CCCNC1)C(C)c1ccc(F)cc1Cl. The number of nitrogens with one attached hydrogen (secondary N) is 1. The van der Waals surface area contributed by atoms with Crippen molar-refractivity contribution in [2.75, 3.05) is 19.6 Å². The van der Waals surface area contributed by atoms with Crippen LogP contribution in [0.2, 0.25) is 5.02 Å². The lowest BCUT2D eigenvalue weighted by atomic mass is 10.00. The van der Waals surface area contributed by atoms with Gasteiger partial charge in [-0.25, -0.2) is 4.39 Å². The second kappa shape index (κ2) is 7.39. The van der Waals surface area contributed by atoms with E-state index in [4.69, 9.17) is 11.6 Å². The topological polar surface area (TPSA) is 15.3 Å². The zero-order valence-corrected chi connectivity index (χ0v) is 13.1. The molecule has 1 aliphatic heterocycles. The number of benzene rings is 1. The van der Waals surface area contributed by atoms with E-state index in [1.807, 2.05) is 6.07 Å². The Morgan fingerprint density at radius 2 is 2.30 bits per heavy atom. The third kappa shape index (κ3) is 3.72. The molecular formula is C16H24ClFN2. The quantitative estimate of drug-likeness (QED) is 0.884. The van der Waals surface area contributed by atoms with Crippen LogP contribution in [-0.2, 0) is 0 Å². The second-order valence-electron chi connectivity index (χ2n) is 5.58. The molecule has 0 spiro atoms. The molecule has 1 heterocycles. The van der Waals surface area contributed by atoms with Gasteiger partial charge in [0.15, 0.2) is 0 Å². The molecule has 2 nitrogen and oxygen atoms in total. The molecule has 0 amide bonds. The third-order valence-corrected chi connectivity index (χ3v) is 4.46. The highest BCUT2D eigenvalue weighted by Crippen LogP contribution is 2.30. The van der Waals surface area contributed by atoms with Crippen LogP contribution in [0, 0.1) is 5.82 Å². The van der Waals surface area contributed by atoms with Gasteiger partial charge in [-0.15, -0.1) is 0 Å². The highest BCUT2D eigenvalue weighted by molar-refractivity contribution is 6.31. The molecule has 1 N–H and O–H groups in total. The van der Waals surface area contributed by atoms with Gasteiger partial charge < -0.3 is 5.32 Å². The number of halogens is 2. The lowest BCUT2D eigenvalue weighted by Gasteiger charge is -2.39. The summed E-state index contributed by atoms with van der Waals surface area (Å²) in [6, 6.07) is 5.49. The van der Waals surface area contributed by atoms with E-state index in [0.717, 1.165) is 31.6 Å². The number of hydrogen-bond acceptors (Lipinski definition) is 2. The molecule has 1 aromatic rings. The zero-order valence-electron chi connectivity index (χ0n) is 12.3. The predicted octanol–water partition coefficient (Wildman–Crippen LogP) is 4.00. The molecule has 0 aromatic heterocycles. The van der Waals surface area contributed by atoms with Crippen molar-refractivity contribution < 1.29 is 4.39 Å². The molecule has 112 valence electrons. The Kier molecular flexibility index (Phi) is 5.82. The van der Waals surface area contributed by atoms with Crippen molar-refractivity contribution in [3.8, 4) is 0 Å². The van der Waals surface area contributed by atoms with Crippen molar-refractivity contribution >= 4 is 11.6 Å². The van der Waals surface area contributed by atoms with E-state index in [1.54, 1.807) is 0 Å². The summed E-state index contributed by atoms with van der Waals surface area (Å²) in [5.74, 6) is -0.271. The largest absolute Gasteiger partial charge is 0.315 e. The maximum absolute atomic E-state index is 13.2. The molecule has 1 saturated heterocycles. The molecule has 2 atom stereocenters. The molecule has 0 saturated carbocycles. The summed E-state index contributed by atoms with van der Waals surface area (Å²) in [7, 11) is 0. The van der Waals surface area contributed by atoms with Crippen molar-refractivity contribution in [3.63, 3.8) is 0 Å². The standard InChI is InChI=1S/C16H24ClFN2/c1-3-9-20(14-5-4-8-19-11-14)12(2)15-7-6-13(18)10-16(15)17/h6-7,10,12,14,19H,3-5,8-9,11H2,1-2H3. The highest BCUT2D eigenvalue weighted by atomic mass is 35.5. The maximum Gasteiger partial charge on any atom is 0.124 e. The average Bonchev–Trinajstić information content (AvgIpc) is 2.45. The second-order valence-corrected chi connectivity index (χ2v) is 5.99. The molecule has 0 aliphatic carbocycles. The Bertz CT molecular complexity index is 432. The van der Waals surface area contributed by atoms with E-state index in [0.29, 0.717) is 11.1 Å². The van der Waals surface area contributed by atoms with Gasteiger partial charge in [-0.2, -0.15) is 0 Å². The van der Waals surface area contributed by atoms with Crippen molar-refractivity contribution in [1.82, 2.24) is 10.2 Å². The van der Waals surface area contributed by atoms with Crippen LogP contribution in [0.25, 0.3) is 0 Å². The molecule has 0 radical (unpaired) electrons. The number of rotatable bonds is 5. The van der Waals surface area contributed by atoms with E-state index in [2.05, 4.69) is 24.1 Å². The van der Waals surface area contributed by atoms with Crippen molar-refractivity contribution in [2.24, 2.45) is 0 Å². The summed E-state index contributed by atoms with van der Waals surface area (Å²) in [5.41, 5.74) is 1.02. The minimum Gasteiger partial charge on any atom is -0.315 e. The van der Waals surface area contributed by atoms with Crippen LogP contribution in [0.3, 0.4) is 0 Å². The third-order valence-electron chi connectivity index (χ3n) is 4.13. The van der Waals surface area contributed by atoms with Gasteiger partial charge in [0.1, 0.15) is 5.82 Å². The van der Waals surface area contributed by atoms with Crippen LogP contribution < -0.4 is 5.32 Å². The summed E-state index contributed by atoms with van der Waals surface area (Å²) < 4.78 is 13.2. The molecule has 1 aromatic carbocycles. The van der Waals surface area contributed by atoms with Crippen LogP contribution in [0.4, 0.5) is 4.39 Å². The van der Waals surface area contributed by atoms with Crippen LogP contribution in [0.5, 0.6) is 0 Å². The van der Waals surface area contributed by atoms with Gasteiger partial charge in [0.2, 0.25) is 0 Å².